The molecule has 3 saturated heterocycles. The average molecular weight is 275 g/mol. The third kappa shape index (κ3) is 3.16. The summed E-state index contributed by atoms with van der Waals surface area (Å²) < 4.78 is 5.75. The highest BCUT2D eigenvalue weighted by Gasteiger charge is 2.41. The van der Waals surface area contributed by atoms with Crippen LogP contribution in [0.3, 0.4) is 0 Å². The first-order valence-electron chi connectivity index (χ1n) is 6.97. The zero-order valence-electron chi connectivity index (χ0n) is 10.7. The molecule has 3 rings (SSSR count). The number of ether oxygens (including phenoxy) is 1. The molecule has 0 aromatic rings. The van der Waals surface area contributed by atoms with Crippen LogP contribution in [0.2, 0.25) is 0 Å². The van der Waals surface area contributed by atoms with Crippen molar-refractivity contribution in [2.75, 3.05) is 13.1 Å². The lowest BCUT2D eigenvalue weighted by Gasteiger charge is -2.24. The summed E-state index contributed by atoms with van der Waals surface area (Å²) in [5.41, 5.74) is 0. The minimum atomic E-state index is 0. The van der Waals surface area contributed by atoms with Gasteiger partial charge < -0.3 is 15.4 Å². The van der Waals surface area contributed by atoms with Crippen LogP contribution in [-0.4, -0.2) is 37.2 Å². The molecule has 18 heavy (non-hydrogen) atoms. The van der Waals surface area contributed by atoms with Gasteiger partial charge >= 0.3 is 0 Å². The molecular weight excluding hydrogens is 252 g/mol. The monoisotopic (exact) mass is 274 g/mol. The molecule has 5 heteroatoms. The summed E-state index contributed by atoms with van der Waals surface area (Å²) in [5.74, 6) is 0.814. The number of carbonyl (C=O) groups is 1. The van der Waals surface area contributed by atoms with Crippen LogP contribution < -0.4 is 10.6 Å². The van der Waals surface area contributed by atoms with E-state index in [0.29, 0.717) is 30.6 Å². The molecule has 104 valence electrons. The summed E-state index contributed by atoms with van der Waals surface area (Å²) in [7, 11) is 0. The lowest BCUT2D eigenvalue weighted by molar-refractivity contribution is -0.123. The summed E-state index contributed by atoms with van der Waals surface area (Å²) in [5, 5.41) is 6.50. The molecule has 2 bridgehead atoms. The molecule has 0 radical (unpaired) electrons. The minimum Gasteiger partial charge on any atom is -0.373 e. The van der Waals surface area contributed by atoms with E-state index in [0.717, 1.165) is 38.8 Å². The molecule has 0 aromatic carbocycles. The number of carbonyl (C=O) groups excluding carboxylic acids is 1. The lowest BCUT2D eigenvalue weighted by Crippen LogP contribution is -2.42. The van der Waals surface area contributed by atoms with Gasteiger partial charge in [-0.1, -0.05) is 0 Å². The van der Waals surface area contributed by atoms with Crippen LogP contribution in [0.5, 0.6) is 0 Å². The van der Waals surface area contributed by atoms with Crippen molar-refractivity contribution < 1.29 is 9.53 Å². The standard InChI is InChI=1S/C13H22N2O2.ClH/c16-13(7-9-3-5-14-6-4-9)15-11-8-10-1-2-12(11)17-10;/h9-12,14H,1-8H2,(H,15,16);1H. The van der Waals surface area contributed by atoms with Crippen LogP contribution in [0.25, 0.3) is 0 Å². The van der Waals surface area contributed by atoms with Gasteiger partial charge in [-0.25, -0.2) is 0 Å². The molecule has 3 aliphatic heterocycles. The molecule has 0 saturated carbocycles. The minimum absolute atomic E-state index is 0. The predicted octanol–water partition coefficient (Wildman–Crippen LogP) is 1.23. The topological polar surface area (TPSA) is 50.4 Å². The van der Waals surface area contributed by atoms with Gasteiger partial charge in [-0.15, -0.1) is 12.4 Å². The van der Waals surface area contributed by atoms with Gasteiger partial charge in [0.1, 0.15) is 0 Å². The van der Waals surface area contributed by atoms with Gasteiger partial charge in [0.2, 0.25) is 5.91 Å². The molecule has 0 aromatic heterocycles. The number of piperidine rings is 1. The van der Waals surface area contributed by atoms with Crippen molar-refractivity contribution in [3.63, 3.8) is 0 Å². The van der Waals surface area contributed by atoms with Crippen LogP contribution >= 0.6 is 12.4 Å². The fraction of sp³-hybridized carbons (Fsp3) is 0.923. The maximum atomic E-state index is 12.0. The van der Waals surface area contributed by atoms with Gasteiger partial charge in [-0.3, -0.25) is 4.79 Å². The van der Waals surface area contributed by atoms with Crippen LogP contribution in [0, 0.1) is 5.92 Å². The Morgan fingerprint density at radius 3 is 2.61 bits per heavy atom. The normalized spacial score (nSPS) is 35.2. The molecule has 0 aliphatic carbocycles. The molecule has 4 nitrogen and oxygen atoms in total. The van der Waals surface area contributed by atoms with E-state index in [1.807, 2.05) is 0 Å². The zero-order chi connectivity index (χ0) is 11.7. The predicted molar refractivity (Wildman–Crippen MR) is 71.9 cm³/mol. The van der Waals surface area contributed by atoms with Gasteiger partial charge in [-0.2, -0.15) is 0 Å². The van der Waals surface area contributed by atoms with Crippen LogP contribution in [-0.2, 0) is 9.53 Å². The molecule has 1 amide bonds. The quantitative estimate of drug-likeness (QED) is 0.814. The first-order valence-corrected chi connectivity index (χ1v) is 6.97. The van der Waals surface area contributed by atoms with Crippen LogP contribution in [0.15, 0.2) is 0 Å². The number of hydrogen-bond donors (Lipinski definition) is 2. The highest BCUT2D eigenvalue weighted by atomic mass is 35.5. The number of rotatable bonds is 3. The molecule has 3 fully saturated rings. The van der Waals surface area contributed by atoms with Gasteiger partial charge in [0.05, 0.1) is 18.2 Å². The van der Waals surface area contributed by atoms with Gasteiger partial charge in [0, 0.05) is 6.42 Å². The molecule has 3 aliphatic rings. The maximum absolute atomic E-state index is 12.0. The van der Waals surface area contributed by atoms with E-state index >= 15 is 0 Å². The molecular formula is C13H23ClN2O2. The summed E-state index contributed by atoms with van der Waals surface area (Å²) in [6, 6.07) is 0.294. The Balaban J connectivity index is 0.00000120. The highest BCUT2D eigenvalue weighted by molar-refractivity contribution is 5.85. The van der Waals surface area contributed by atoms with E-state index in [4.69, 9.17) is 4.74 Å². The first-order chi connectivity index (χ1) is 8.31. The van der Waals surface area contributed by atoms with Crippen LogP contribution in [0.1, 0.15) is 38.5 Å². The molecule has 2 N–H and O–H groups in total. The Kier molecular flexibility index (Phi) is 4.87. The van der Waals surface area contributed by atoms with E-state index in [9.17, 15) is 4.79 Å². The number of halogens is 1. The maximum Gasteiger partial charge on any atom is 0.220 e. The van der Waals surface area contributed by atoms with E-state index in [1.54, 1.807) is 0 Å². The molecule has 3 atom stereocenters. The van der Waals surface area contributed by atoms with Crippen molar-refractivity contribution in [2.45, 2.75) is 56.8 Å². The number of amides is 1. The average Bonchev–Trinajstić information content (AvgIpc) is 2.92. The van der Waals surface area contributed by atoms with Crippen molar-refractivity contribution in [3.05, 3.63) is 0 Å². The van der Waals surface area contributed by atoms with Gasteiger partial charge in [0.15, 0.2) is 0 Å². The van der Waals surface area contributed by atoms with Crippen molar-refractivity contribution in [1.29, 1.82) is 0 Å². The summed E-state index contributed by atoms with van der Waals surface area (Å²) in [6.45, 7) is 2.13. The molecule has 3 heterocycles. The van der Waals surface area contributed by atoms with Crippen molar-refractivity contribution >= 4 is 18.3 Å². The SMILES string of the molecule is Cl.O=C(CC1CCNCC1)NC1CC2CCC1O2. The number of nitrogens with one attached hydrogen (secondary N) is 2. The van der Waals surface area contributed by atoms with Crippen molar-refractivity contribution in [1.82, 2.24) is 10.6 Å². The Morgan fingerprint density at radius 1 is 1.22 bits per heavy atom. The highest BCUT2D eigenvalue weighted by Crippen LogP contribution is 2.34. The number of fused-ring (bicyclic) bond motifs is 2. The first kappa shape index (κ1) is 14.1. The third-order valence-corrected chi connectivity index (χ3v) is 4.39. The Labute approximate surface area is 115 Å². The van der Waals surface area contributed by atoms with E-state index in [1.165, 1.54) is 6.42 Å². The van der Waals surface area contributed by atoms with E-state index in [-0.39, 0.29) is 18.3 Å². The zero-order valence-corrected chi connectivity index (χ0v) is 11.5. The summed E-state index contributed by atoms with van der Waals surface area (Å²) in [6.07, 6.45) is 7.05. The van der Waals surface area contributed by atoms with E-state index in [2.05, 4.69) is 10.6 Å². The Morgan fingerprint density at radius 2 is 2.00 bits per heavy atom. The van der Waals surface area contributed by atoms with Gasteiger partial charge in [0.25, 0.3) is 0 Å². The van der Waals surface area contributed by atoms with Crippen molar-refractivity contribution in [3.8, 4) is 0 Å². The Bertz CT molecular complexity index is 295. The largest absolute Gasteiger partial charge is 0.373 e. The van der Waals surface area contributed by atoms with Crippen molar-refractivity contribution in [2.24, 2.45) is 5.92 Å². The summed E-state index contributed by atoms with van der Waals surface area (Å²) in [4.78, 5) is 12.0. The third-order valence-electron chi connectivity index (χ3n) is 4.39. The molecule has 3 unspecified atom stereocenters. The number of hydrogen-bond acceptors (Lipinski definition) is 3. The van der Waals surface area contributed by atoms with E-state index < -0.39 is 0 Å². The van der Waals surface area contributed by atoms with Gasteiger partial charge in [-0.05, 0) is 51.1 Å². The second kappa shape index (κ2) is 6.22. The second-order valence-corrected chi connectivity index (χ2v) is 5.68. The fourth-order valence-electron chi connectivity index (χ4n) is 3.40. The smallest absolute Gasteiger partial charge is 0.220 e. The lowest BCUT2D eigenvalue weighted by atomic mass is 9.92. The Hall–Kier alpha value is -0.320. The summed E-state index contributed by atoms with van der Waals surface area (Å²) >= 11 is 0. The van der Waals surface area contributed by atoms with Crippen LogP contribution in [0.4, 0.5) is 0 Å². The second-order valence-electron chi connectivity index (χ2n) is 5.68. The molecule has 0 spiro atoms. The fourth-order valence-corrected chi connectivity index (χ4v) is 3.40.